The number of hydrogen-bond acceptors (Lipinski definition) is 4. The Bertz CT molecular complexity index is 347. The molecule has 0 bridgehead atoms. The van der Waals surface area contributed by atoms with Gasteiger partial charge in [-0.1, -0.05) is 0 Å². The Labute approximate surface area is 80.0 Å². The van der Waals surface area contributed by atoms with Gasteiger partial charge in [0.1, 0.15) is 17.4 Å². The highest BCUT2D eigenvalue weighted by Gasteiger charge is 1.96. The van der Waals surface area contributed by atoms with Gasteiger partial charge in [0, 0.05) is 17.8 Å². The third-order valence-corrected chi connectivity index (χ3v) is 2.23. The van der Waals surface area contributed by atoms with E-state index in [1.54, 1.807) is 29.9 Å². The molecule has 0 aromatic carbocycles. The van der Waals surface area contributed by atoms with E-state index in [4.69, 9.17) is 4.74 Å². The van der Waals surface area contributed by atoms with Gasteiger partial charge in [-0.25, -0.2) is 4.98 Å². The molecule has 13 heavy (non-hydrogen) atoms. The zero-order chi connectivity index (χ0) is 8.93. The van der Waals surface area contributed by atoms with E-state index in [0.717, 1.165) is 10.8 Å². The van der Waals surface area contributed by atoms with Gasteiger partial charge in [0.15, 0.2) is 0 Å². The molecule has 2 aromatic heterocycles. The van der Waals surface area contributed by atoms with Crippen molar-refractivity contribution in [3.63, 3.8) is 0 Å². The Kier molecular flexibility index (Phi) is 2.52. The average molecular weight is 192 g/mol. The lowest BCUT2D eigenvalue weighted by atomic mass is 10.5. The van der Waals surface area contributed by atoms with Crippen LogP contribution in [0.1, 0.15) is 5.01 Å². The molecule has 0 amide bonds. The highest BCUT2D eigenvalue weighted by molar-refractivity contribution is 7.09. The molecule has 2 rings (SSSR count). The molecule has 0 aliphatic rings. The monoisotopic (exact) mass is 192 g/mol. The third kappa shape index (κ3) is 2.26. The van der Waals surface area contributed by atoms with E-state index in [-0.39, 0.29) is 0 Å². The lowest BCUT2D eigenvalue weighted by Gasteiger charge is -2.01. The minimum absolute atomic E-state index is 0.517. The van der Waals surface area contributed by atoms with Crippen LogP contribution in [0.4, 0.5) is 0 Å². The second kappa shape index (κ2) is 4.00. The minimum atomic E-state index is 0.517. The fourth-order valence-corrected chi connectivity index (χ4v) is 1.43. The third-order valence-electron chi connectivity index (χ3n) is 1.48. The molecule has 4 heteroatoms. The number of ether oxygens (including phenoxy) is 1. The summed E-state index contributed by atoms with van der Waals surface area (Å²) in [6.07, 6.45) is 5.18. The van der Waals surface area contributed by atoms with Crippen LogP contribution in [0.5, 0.6) is 5.75 Å². The molecular weight excluding hydrogens is 184 g/mol. The van der Waals surface area contributed by atoms with Crippen LogP contribution in [-0.2, 0) is 6.61 Å². The predicted octanol–water partition coefficient (Wildman–Crippen LogP) is 2.12. The maximum Gasteiger partial charge on any atom is 0.140 e. The number of rotatable bonds is 3. The van der Waals surface area contributed by atoms with Crippen LogP contribution >= 0.6 is 11.3 Å². The lowest BCUT2D eigenvalue weighted by molar-refractivity contribution is 0.304. The fourth-order valence-electron chi connectivity index (χ4n) is 0.902. The number of pyridine rings is 1. The topological polar surface area (TPSA) is 35.0 Å². The molecule has 0 saturated carbocycles. The van der Waals surface area contributed by atoms with Crippen LogP contribution in [0.3, 0.4) is 0 Å². The summed E-state index contributed by atoms with van der Waals surface area (Å²) >= 11 is 1.59. The van der Waals surface area contributed by atoms with Gasteiger partial charge in [0.25, 0.3) is 0 Å². The number of aromatic nitrogens is 2. The maximum absolute atomic E-state index is 5.44. The zero-order valence-electron chi connectivity index (χ0n) is 6.88. The van der Waals surface area contributed by atoms with Gasteiger partial charge in [0.05, 0.1) is 6.20 Å². The van der Waals surface area contributed by atoms with Crippen molar-refractivity contribution in [1.82, 2.24) is 9.97 Å². The summed E-state index contributed by atoms with van der Waals surface area (Å²) in [4.78, 5) is 8.05. The van der Waals surface area contributed by atoms with Crippen molar-refractivity contribution >= 4 is 11.3 Å². The van der Waals surface area contributed by atoms with E-state index in [2.05, 4.69) is 9.97 Å². The molecule has 0 spiro atoms. The largest absolute Gasteiger partial charge is 0.485 e. The minimum Gasteiger partial charge on any atom is -0.485 e. The van der Waals surface area contributed by atoms with Crippen LogP contribution in [0.2, 0.25) is 0 Å². The summed E-state index contributed by atoms with van der Waals surface area (Å²) in [6, 6.07) is 3.72. The first-order chi connectivity index (χ1) is 6.45. The molecule has 0 atom stereocenters. The van der Waals surface area contributed by atoms with Crippen molar-refractivity contribution in [3.8, 4) is 5.75 Å². The summed E-state index contributed by atoms with van der Waals surface area (Å²) in [5.41, 5.74) is 0. The first-order valence-electron chi connectivity index (χ1n) is 3.86. The quantitative estimate of drug-likeness (QED) is 0.747. The molecule has 0 saturated heterocycles. The summed E-state index contributed by atoms with van der Waals surface area (Å²) in [7, 11) is 0. The van der Waals surface area contributed by atoms with E-state index in [1.165, 1.54) is 0 Å². The Morgan fingerprint density at radius 3 is 3.08 bits per heavy atom. The van der Waals surface area contributed by atoms with Crippen molar-refractivity contribution in [3.05, 3.63) is 41.1 Å². The normalized spacial score (nSPS) is 9.85. The van der Waals surface area contributed by atoms with Gasteiger partial charge >= 0.3 is 0 Å². The highest BCUT2D eigenvalue weighted by atomic mass is 32.1. The maximum atomic E-state index is 5.44. The van der Waals surface area contributed by atoms with E-state index in [9.17, 15) is 0 Å². The van der Waals surface area contributed by atoms with E-state index >= 15 is 0 Å². The fraction of sp³-hybridized carbons (Fsp3) is 0.111. The number of thiazole rings is 1. The molecular formula is C9H8N2OS. The van der Waals surface area contributed by atoms with Gasteiger partial charge in [0.2, 0.25) is 0 Å². The summed E-state index contributed by atoms with van der Waals surface area (Å²) in [6.45, 7) is 0.517. The van der Waals surface area contributed by atoms with Gasteiger partial charge in [-0.2, -0.15) is 0 Å². The van der Waals surface area contributed by atoms with Crippen molar-refractivity contribution in [2.45, 2.75) is 6.61 Å². The Balaban J connectivity index is 1.94. The summed E-state index contributed by atoms with van der Waals surface area (Å²) in [5, 5.41) is 2.91. The van der Waals surface area contributed by atoms with Crippen LogP contribution < -0.4 is 4.74 Å². The molecule has 2 aromatic rings. The number of nitrogens with zero attached hydrogens (tertiary/aromatic N) is 2. The van der Waals surface area contributed by atoms with Gasteiger partial charge in [-0.05, 0) is 12.1 Å². The molecule has 0 fully saturated rings. The van der Waals surface area contributed by atoms with E-state index in [1.807, 2.05) is 17.5 Å². The summed E-state index contributed by atoms with van der Waals surface area (Å²) < 4.78 is 5.44. The first-order valence-corrected chi connectivity index (χ1v) is 4.74. The SMILES string of the molecule is c1cncc(OCc2nccs2)c1. The smallest absolute Gasteiger partial charge is 0.140 e. The molecule has 0 N–H and O–H groups in total. The van der Waals surface area contributed by atoms with Gasteiger partial charge in [-0.3, -0.25) is 4.98 Å². The van der Waals surface area contributed by atoms with Crippen LogP contribution in [0.15, 0.2) is 36.1 Å². The summed E-state index contributed by atoms with van der Waals surface area (Å²) in [5.74, 6) is 0.776. The molecule has 0 radical (unpaired) electrons. The van der Waals surface area contributed by atoms with Crippen LogP contribution in [0.25, 0.3) is 0 Å². The molecule has 0 unspecified atom stereocenters. The Morgan fingerprint density at radius 1 is 1.38 bits per heavy atom. The van der Waals surface area contributed by atoms with E-state index in [0.29, 0.717) is 6.61 Å². The lowest BCUT2D eigenvalue weighted by Crippen LogP contribution is -1.94. The van der Waals surface area contributed by atoms with Crippen molar-refractivity contribution in [2.75, 3.05) is 0 Å². The average Bonchev–Trinajstić information content (AvgIpc) is 2.69. The molecule has 2 heterocycles. The van der Waals surface area contributed by atoms with E-state index < -0.39 is 0 Å². The second-order valence-electron chi connectivity index (χ2n) is 2.40. The zero-order valence-corrected chi connectivity index (χ0v) is 7.70. The van der Waals surface area contributed by atoms with Crippen molar-refractivity contribution < 1.29 is 4.74 Å². The van der Waals surface area contributed by atoms with Crippen LogP contribution in [-0.4, -0.2) is 9.97 Å². The first kappa shape index (κ1) is 8.19. The van der Waals surface area contributed by atoms with Crippen molar-refractivity contribution in [2.24, 2.45) is 0 Å². The van der Waals surface area contributed by atoms with Gasteiger partial charge in [-0.15, -0.1) is 11.3 Å². The number of hydrogen-bond donors (Lipinski definition) is 0. The molecule has 0 aliphatic carbocycles. The van der Waals surface area contributed by atoms with Gasteiger partial charge < -0.3 is 4.74 Å². The molecule has 0 aliphatic heterocycles. The van der Waals surface area contributed by atoms with Crippen LogP contribution in [0, 0.1) is 0 Å². The molecule has 66 valence electrons. The second-order valence-corrected chi connectivity index (χ2v) is 3.38. The standard InChI is InChI=1S/C9H8N2OS/c1-2-8(6-10-3-1)12-7-9-11-4-5-13-9/h1-6H,7H2. The Hall–Kier alpha value is -1.42. The Morgan fingerprint density at radius 2 is 2.38 bits per heavy atom. The highest BCUT2D eigenvalue weighted by Crippen LogP contribution is 2.11. The molecule has 3 nitrogen and oxygen atoms in total. The van der Waals surface area contributed by atoms with Crippen molar-refractivity contribution in [1.29, 1.82) is 0 Å². The predicted molar refractivity (Wildman–Crippen MR) is 50.7 cm³/mol.